The van der Waals surface area contributed by atoms with E-state index in [9.17, 15) is 0 Å². The number of nitrogens with zero attached hydrogens (tertiary/aromatic N) is 1. The fourth-order valence-electron chi connectivity index (χ4n) is 1.94. The van der Waals surface area contributed by atoms with E-state index in [-0.39, 0.29) is 0 Å². The molecule has 1 heterocycles. The number of likely N-dealkylation sites (tertiary alicyclic amines) is 1. The second-order valence-corrected chi connectivity index (χ2v) is 4.76. The van der Waals surface area contributed by atoms with Gasteiger partial charge in [0.25, 0.3) is 0 Å². The van der Waals surface area contributed by atoms with Gasteiger partial charge in [-0.2, -0.15) is 0 Å². The summed E-state index contributed by atoms with van der Waals surface area (Å²) in [4.78, 5) is 2.62. The largest absolute Gasteiger partial charge is 0.298 e. The molecule has 66 valence electrons. The fraction of sp³-hybridized carbons (Fsp3) is 1.00. The van der Waals surface area contributed by atoms with Gasteiger partial charge in [-0.15, -0.1) is 0 Å². The average Bonchev–Trinajstić information content (AvgIpc) is 2.10. The van der Waals surface area contributed by atoms with Crippen LogP contribution in [0, 0.1) is 5.92 Å². The molecule has 0 bridgehead atoms. The Kier molecular flexibility index (Phi) is 2.58. The maximum absolute atomic E-state index is 2.62. The van der Waals surface area contributed by atoms with Crippen molar-refractivity contribution in [2.24, 2.45) is 5.92 Å². The molecular formula is C10H21N. The molecule has 1 aliphatic rings. The molecule has 0 atom stereocenters. The number of hydrogen-bond donors (Lipinski definition) is 0. The Morgan fingerprint density at radius 3 is 2.36 bits per heavy atom. The maximum Gasteiger partial charge on any atom is 0.0153 e. The first kappa shape index (κ1) is 9.05. The lowest BCUT2D eigenvalue weighted by molar-refractivity contribution is 0.156. The third-order valence-electron chi connectivity index (χ3n) is 2.66. The molecule has 11 heavy (non-hydrogen) atoms. The van der Waals surface area contributed by atoms with E-state index in [2.05, 4.69) is 32.6 Å². The van der Waals surface area contributed by atoms with Crippen LogP contribution in [0.3, 0.4) is 0 Å². The lowest BCUT2D eigenvalue weighted by Gasteiger charge is -2.32. The van der Waals surface area contributed by atoms with Gasteiger partial charge in [0, 0.05) is 12.1 Å². The number of hydrogen-bond acceptors (Lipinski definition) is 1. The second kappa shape index (κ2) is 3.14. The van der Waals surface area contributed by atoms with Crippen LogP contribution in [-0.2, 0) is 0 Å². The molecule has 1 saturated heterocycles. The van der Waals surface area contributed by atoms with Crippen molar-refractivity contribution in [1.82, 2.24) is 4.90 Å². The van der Waals surface area contributed by atoms with Crippen molar-refractivity contribution in [3.05, 3.63) is 0 Å². The van der Waals surface area contributed by atoms with E-state index in [1.807, 2.05) is 0 Å². The van der Waals surface area contributed by atoms with Crippen LogP contribution in [0.1, 0.15) is 40.5 Å². The van der Waals surface area contributed by atoms with Crippen molar-refractivity contribution in [2.75, 3.05) is 13.1 Å². The molecule has 0 saturated carbocycles. The van der Waals surface area contributed by atoms with Crippen molar-refractivity contribution in [3.63, 3.8) is 0 Å². The molecule has 0 radical (unpaired) electrons. The van der Waals surface area contributed by atoms with Gasteiger partial charge in [0.05, 0.1) is 0 Å². The molecule has 0 aromatic heterocycles. The smallest absolute Gasteiger partial charge is 0.0153 e. The third-order valence-corrected chi connectivity index (χ3v) is 2.66. The van der Waals surface area contributed by atoms with Crippen LogP contribution in [0.4, 0.5) is 0 Å². The van der Waals surface area contributed by atoms with Gasteiger partial charge >= 0.3 is 0 Å². The summed E-state index contributed by atoms with van der Waals surface area (Å²) in [6, 6.07) is 0. The first-order valence-electron chi connectivity index (χ1n) is 4.77. The summed E-state index contributed by atoms with van der Waals surface area (Å²) in [7, 11) is 0. The van der Waals surface area contributed by atoms with E-state index in [1.54, 1.807) is 0 Å². The highest BCUT2D eigenvalue weighted by atomic mass is 15.2. The van der Waals surface area contributed by atoms with Crippen LogP contribution in [-0.4, -0.2) is 23.5 Å². The van der Waals surface area contributed by atoms with E-state index < -0.39 is 0 Å². The van der Waals surface area contributed by atoms with E-state index in [1.165, 1.54) is 25.9 Å². The molecule has 0 N–H and O–H groups in total. The maximum atomic E-state index is 2.62. The molecule has 1 nitrogen and oxygen atoms in total. The summed E-state index contributed by atoms with van der Waals surface area (Å²) >= 11 is 0. The van der Waals surface area contributed by atoms with E-state index in [4.69, 9.17) is 0 Å². The van der Waals surface area contributed by atoms with Gasteiger partial charge in [-0.1, -0.05) is 13.8 Å². The van der Waals surface area contributed by atoms with E-state index >= 15 is 0 Å². The summed E-state index contributed by atoms with van der Waals surface area (Å²) in [5, 5.41) is 0. The van der Waals surface area contributed by atoms with Gasteiger partial charge in [0.15, 0.2) is 0 Å². The zero-order valence-electron chi connectivity index (χ0n) is 8.35. The normalized spacial score (nSPS) is 24.8. The highest BCUT2D eigenvalue weighted by molar-refractivity contribution is 4.87. The van der Waals surface area contributed by atoms with Crippen LogP contribution < -0.4 is 0 Å². The van der Waals surface area contributed by atoms with Crippen molar-refractivity contribution in [1.29, 1.82) is 0 Å². The molecule has 1 heteroatoms. The molecule has 0 unspecified atom stereocenters. The van der Waals surface area contributed by atoms with Gasteiger partial charge < -0.3 is 0 Å². The quantitative estimate of drug-likeness (QED) is 0.592. The molecule has 0 amide bonds. The van der Waals surface area contributed by atoms with Crippen molar-refractivity contribution in [2.45, 2.75) is 46.1 Å². The zero-order valence-corrected chi connectivity index (χ0v) is 8.35. The molecule has 1 fully saturated rings. The van der Waals surface area contributed by atoms with Gasteiger partial charge in [0.2, 0.25) is 0 Å². The molecule has 0 spiro atoms. The van der Waals surface area contributed by atoms with E-state index in [0.29, 0.717) is 5.54 Å². The van der Waals surface area contributed by atoms with Crippen LogP contribution in [0.15, 0.2) is 0 Å². The molecule has 0 aromatic rings. The summed E-state index contributed by atoms with van der Waals surface area (Å²) < 4.78 is 0. The second-order valence-electron chi connectivity index (χ2n) is 4.76. The molecular weight excluding hydrogens is 134 g/mol. The topological polar surface area (TPSA) is 3.24 Å². The molecule has 1 rings (SSSR count). The highest BCUT2D eigenvalue weighted by Crippen LogP contribution is 2.28. The Labute approximate surface area is 70.8 Å². The van der Waals surface area contributed by atoms with Crippen molar-refractivity contribution in [3.8, 4) is 0 Å². The summed E-state index contributed by atoms with van der Waals surface area (Å²) in [5.74, 6) is 0.812. The SMILES string of the molecule is CC(C)CN1CCCC1(C)C. The van der Waals surface area contributed by atoms with Gasteiger partial charge in [0.1, 0.15) is 0 Å². The standard InChI is InChI=1S/C10H21N/c1-9(2)8-11-7-5-6-10(11,3)4/h9H,5-8H2,1-4H3. The fourth-order valence-corrected chi connectivity index (χ4v) is 1.94. The summed E-state index contributed by atoms with van der Waals surface area (Å²) in [6.45, 7) is 11.9. The molecule has 1 aliphatic heterocycles. The molecule has 0 aliphatic carbocycles. The van der Waals surface area contributed by atoms with E-state index in [0.717, 1.165) is 5.92 Å². The monoisotopic (exact) mass is 155 g/mol. The Morgan fingerprint density at radius 1 is 1.36 bits per heavy atom. The minimum absolute atomic E-state index is 0.476. The first-order valence-corrected chi connectivity index (χ1v) is 4.77. The van der Waals surface area contributed by atoms with Gasteiger partial charge in [-0.3, -0.25) is 4.90 Å². The first-order chi connectivity index (χ1) is 5.02. The van der Waals surface area contributed by atoms with Crippen LogP contribution in [0.25, 0.3) is 0 Å². The predicted octanol–water partition coefficient (Wildman–Crippen LogP) is 2.52. The lowest BCUT2D eigenvalue weighted by atomic mass is 10.0. The lowest BCUT2D eigenvalue weighted by Crippen LogP contribution is -2.40. The van der Waals surface area contributed by atoms with Gasteiger partial charge in [-0.25, -0.2) is 0 Å². The van der Waals surface area contributed by atoms with Crippen LogP contribution in [0.5, 0.6) is 0 Å². The Morgan fingerprint density at radius 2 is 2.00 bits per heavy atom. The number of rotatable bonds is 2. The zero-order chi connectivity index (χ0) is 8.48. The summed E-state index contributed by atoms with van der Waals surface area (Å²) in [6.07, 6.45) is 2.76. The van der Waals surface area contributed by atoms with Crippen molar-refractivity contribution >= 4 is 0 Å². The van der Waals surface area contributed by atoms with Crippen LogP contribution in [0.2, 0.25) is 0 Å². The van der Waals surface area contributed by atoms with Gasteiger partial charge in [-0.05, 0) is 39.2 Å². The summed E-state index contributed by atoms with van der Waals surface area (Å²) in [5.41, 5.74) is 0.476. The minimum Gasteiger partial charge on any atom is -0.298 e. The average molecular weight is 155 g/mol. The van der Waals surface area contributed by atoms with Crippen LogP contribution >= 0.6 is 0 Å². The Bertz CT molecular complexity index is 127. The Hall–Kier alpha value is -0.0400. The Balaban J connectivity index is 2.45. The highest BCUT2D eigenvalue weighted by Gasteiger charge is 2.31. The minimum atomic E-state index is 0.476. The predicted molar refractivity (Wildman–Crippen MR) is 49.7 cm³/mol. The third kappa shape index (κ3) is 2.19. The molecule has 0 aromatic carbocycles. The van der Waals surface area contributed by atoms with Crippen molar-refractivity contribution < 1.29 is 0 Å².